The number of ether oxygens (including phenoxy) is 3. The first-order valence-corrected chi connectivity index (χ1v) is 11.8. The lowest BCUT2D eigenvalue weighted by atomic mass is 9.88. The number of amides is 1. The Hall–Kier alpha value is -2.86. The van der Waals surface area contributed by atoms with Crippen molar-refractivity contribution in [3.63, 3.8) is 0 Å². The van der Waals surface area contributed by atoms with Crippen LogP contribution < -0.4 is 4.74 Å². The zero-order valence-electron chi connectivity index (χ0n) is 19.3. The Bertz CT molecular complexity index is 1030. The van der Waals surface area contributed by atoms with E-state index in [1.807, 2.05) is 11.0 Å². The number of nitrogens with zero attached hydrogens (tertiary/aromatic N) is 1. The quantitative estimate of drug-likeness (QED) is 0.632. The molecule has 3 fully saturated rings. The summed E-state index contributed by atoms with van der Waals surface area (Å²) in [5, 5.41) is 0. The zero-order chi connectivity index (χ0) is 23.0. The Labute approximate surface area is 194 Å². The van der Waals surface area contributed by atoms with Crippen LogP contribution in [0.4, 0.5) is 0 Å². The molecule has 6 heteroatoms. The fourth-order valence-corrected chi connectivity index (χ4v) is 5.59. The second kappa shape index (κ2) is 8.82. The number of carbonyl (C=O) groups is 2. The SMILES string of the molecule is COC(=O)c1ccc(OC)c(-c2ccc([C@H]3CC34CCN(C(=O)[C@H]3CCCO3)CC4)cc2)c1. The summed E-state index contributed by atoms with van der Waals surface area (Å²) in [5.74, 6) is 1.10. The van der Waals surface area contributed by atoms with Crippen LogP contribution in [-0.2, 0) is 14.3 Å². The van der Waals surface area contributed by atoms with Crippen molar-refractivity contribution in [1.82, 2.24) is 4.90 Å². The molecule has 2 aromatic carbocycles. The van der Waals surface area contributed by atoms with Gasteiger partial charge in [-0.1, -0.05) is 24.3 Å². The molecular formula is C27H31NO5. The maximum absolute atomic E-state index is 12.7. The number of hydrogen-bond donors (Lipinski definition) is 0. The maximum atomic E-state index is 12.7. The second-order valence-corrected chi connectivity index (χ2v) is 9.47. The highest BCUT2D eigenvalue weighted by Crippen LogP contribution is 2.65. The van der Waals surface area contributed by atoms with E-state index in [4.69, 9.17) is 14.2 Å². The van der Waals surface area contributed by atoms with Crippen molar-refractivity contribution in [1.29, 1.82) is 0 Å². The van der Waals surface area contributed by atoms with E-state index in [0.29, 0.717) is 23.5 Å². The van der Waals surface area contributed by atoms with Crippen molar-refractivity contribution < 1.29 is 23.8 Å². The number of carbonyl (C=O) groups excluding carboxylic acids is 2. The predicted octanol–water partition coefficient (Wildman–Crippen LogP) is 4.42. The van der Waals surface area contributed by atoms with Crippen LogP contribution >= 0.6 is 0 Å². The molecule has 3 aliphatic rings. The third-order valence-electron chi connectivity index (χ3n) is 7.71. The molecule has 1 saturated carbocycles. The van der Waals surface area contributed by atoms with E-state index in [9.17, 15) is 9.59 Å². The first-order valence-electron chi connectivity index (χ1n) is 11.8. The van der Waals surface area contributed by atoms with Crippen molar-refractivity contribution in [3.8, 4) is 16.9 Å². The topological polar surface area (TPSA) is 65.1 Å². The van der Waals surface area contributed by atoms with E-state index >= 15 is 0 Å². The number of methoxy groups -OCH3 is 2. The van der Waals surface area contributed by atoms with Crippen LogP contribution in [0.2, 0.25) is 0 Å². The minimum absolute atomic E-state index is 0.187. The lowest BCUT2D eigenvalue weighted by Gasteiger charge is -2.34. The van der Waals surface area contributed by atoms with Gasteiger partial charge in [0.1, 0.15) is 11.9 Å². The van der Waals surface area contributed by atoms with Crippen molar-refractivity contribution >= 4 is 11.9 Å². The number of likely N-dealkylation sites (tertiary alicyclic amines) is 1. The first kappa shape index (κ1) is 22.0. The van der Waals surface area contributed by atoms with Crippen molar-refractivity contribution in [2.75, 3.05) is 33.9 Å². The molecule has 5 rings (SSSR count). The average molecular weight is 450 g/mol. The van der Waals surface area contributed by atoms with Crippen molar-refractivity contribution in [3.05, 3.63) is 53.6 Å². The van der Waals surface area contributed by atoms with Crippen LogP contribution in [0, 0.1) is 5.41 Å². The van der Waals surface area contributed by atoms with Gasteiger partial charge in [0, 0.05) is 25.3 Å². The number of rotatable bonds is 5. The van der Waals surface area contributed by atoms with Gasteiger partial charge < -0.3 is 19.1 Å². The number of benzene rings is 2. The van der Waals surface area contributed by atoms with Gasteiger partial charge in [-0.15, -0.1) is 0 Å². The minimum atomic E-state index is -0.361. The summed E-state index contributed by atoms with van der Waals surface area (Å²) >= 11 is 0. The number of hydrogen-bond acceptors (Lipinski definition) is 5. The summed E-state index contributed by atoms with van der Waals surface area (Å²) in [4.78, 5) is 26.6. The third-order valence-corrected chi connectivity index (χ3v) is 7.71. The fourth-order valence-electron chi connectivity index (χ4n) is 5.59. The lowest BCUT2D eigenvalue weighted by molar-refractivity contribution is -0.142. The fraction of sp³-hybridized carbons (Fsp3) is 0.481. The number of esters is 1. The normalized spacial score (nSPS) is 23.4. The van der Waals surface area contributed by atoms with Gasteiger partial charge in [0.15, 0.2) is 0 Å². The largest absolute Gasteiger partial charge is 0.496 e. The minimum Gasteiger partial charge on any atom is -0.496 e. The van der Waals surface area contributed by atoms with Crippen LogP contribution in [0.5, 0.6) is 5.75 Å². The molecule has 0 aromatic heterocycles. The van der Waals surface area contributed by atoms with Gasteiger partial charge in [0.05, 0.1) is 19.8 Å². The van der Waals surface area contributed by atoms with Crippen molar-refractivity contribution in [2.24, 2.45) is 5.41 Å². The zero-order valence-corrected chi connectivity index (χ0v) is 19.3. The van der Waals surface area contributed by atoms with Gasteiger partial charge in [0.2, 0.25) is 0 Å². The Kier molecular flexibility index (Phi) is 5.87. The lowest BCUT2D eigenvalue weighted by Crippen LogP contribution is -2.44. The highest BCUT2D eigenvalue weighted by atomic mass is 16.5. The van der Waals surface area contributed by atoms with E-state index in [0.717, 1.165) is 55.6 Å². The molecule has 6 nitrogen and oxygen atoms in total. The van der Waals surface area contributed by atoms with Crippen molar-refractivity contribution in [2.45, 2.75) is 44.1 Å². The van der Waals surface area contributed by atoms with E-state index in [1.54, 1.807) is 19.2 Å². The van der Waals surface area contributed by atoms with Gasteiger partial charge in [-0.2, -0.15) is 0 Å². The predicted molar refractivity (Wildman–Crippen MR) is 124 cm³/mol. The standard InChI is InChI=1S/C27H31NO5/c1-31-23-10-9-20(26(30)32-2)16-21(23)18-5-7-19(8-6-18)22-17-27(22)11-13-28(14-12-27)25(29)24-4-3-15-33-24/h5-10,16,22,24H,3-4,11-15,17H2,1-2H3/t22-,24-/m1/s1. The molecule has 2 atom stereocenters. The molecule has 174 valence electrons. The summed E-state index contributed by atoms with van der Waals surface area (Å²) in [6.45, 7) is 2.39. The molecule has 33 heavy (non-hydrogen) atoms. The molecule has 2 aromatic rings. The molecular weight excluding hydrogens is 418 g/mol. The molecule has 2 aliphatic heterocycles. The summed E-state index contributed by atoms with van der Waals surface area (Å²) < 4.78 is 16.0. The van der Waals surface area contributed by atoms with Gasteiger partial charge in [0.25, 0.3) is 5.91 Å². The first-order chi connectivity index (χ1) is 16.0. The van der Waals surface area contributed by atoms with Crippen LogP contribution in [-0.4, -0.2) is 56.8 Å². The summed E-state index contributed by atoms with van der Waals surface area (Å²) in [7, 11) is 3.02. The summed E-state index contributed by atoms with van der Waals surface area (Å²) in [5.41, 5.74) is 4.06. The molecule has 1 aliphatic carbocycles. The van der Waals surface area contributed by atoms with E-state index < -0.39 is 0 Å². The molecule has 2 saturated heterocycles. The average Bonchev–Trinajstić information content (AvgIpc) is 3.28. The van der Waals surface area contributed by atoms with Gasteiger partial charge in [-0.05, 0) is 72.8 Å². The summed E-state index contributed by atoms with van der Waals surface area (Å²) in [6, 6.07) is 13.9. The maximum Gasteiger partial charge on any atom is 0.337 e. The smallest absolute Gasteiger partial charge is 0.337 e. The van der Waals surface area contributed by atoms with E-state index in [2.05, 4.69) is 24.3 Å². The Morgan fingerprint density at radius 2 is 1.82 bits per heavy atom. The summed E-state index contributed by atoms with van der Waals surface area (Å²) in [6.07, 6.45) is 4.96. The number of piperidine rings is 1. The van der Waals surface area contributed by atoms with Crippen LogP contribution in [0.3, 0.4) is 0 Å². The van der Waals surface area contributed by atoms with E-state index in [1.165, 1.54) is 19.1 Å². The van der Waals surface area contributed by atoms with Gasteiger partial charge >= 0.3 is 5.97 Å². The van der Waals surface area contributed by atoms with E-state index in [-0.39, 0.29) is 18.0 Å². The third kappa shape index (κ3) is 4.12. The monoisotopic (exact) mass is 449 g/mol. The van der Waals surface area contributed by atoms with Gasteiger partial charge in [-0.25, -0.2) is 4.79 Å². The molecule has 2 heterocycles. The molecule has 1 amide bonds. The molecule has 0 unspecified atom stereocenters. The second-order valence-electron chi connectivity index (χ2n) is 9.47. The van der Waals surface area contributed by atoms with Gasteiger partial charge in [-0.3, -0.25) is 4.79 Å². The molecule has 1 spiro atoms. The molecule has 0 N–H and O–H groups in total. The molecule has 0 bridgehead atoms. The highest BCUT2D eigenvalue weighted by Gasteiger charge is 2.55. The Morgan fingerprint density at radius 3 is 2.45 bits per heavy atom. The Morgan fingerprint density at radius 1 is 1.06 bits per heavy atom. The van der Waals surface area contributed by atoms with Crippen LogP contribution in [0.15, 0.2) is 42.5 Å². The Balaban J connectivity index is 1.26. The van der Waals surface area contributed by atoms with Crippen LogP contribution in [0.1, 0.15) is 53.9 Å². The highest BCUT2D eigenvalue weighted by molar-refractivity contribution is 5.92. The molecule has 0 radical (unpaired) electrons. The van der Waals surface area contributed by atoms with Crippen LogP contribution in [0.25, 0.3) is 11.1 Å².